The molecule has 0 bridgehead atoms. The van der Waals surface area contributed by atoms with Crippen LogP contribution in [0.2, 0.25) is 0 Å². The molecule has 60 heavy (non-hydrogen) atoms. The Morgan fingerprint density at radius 2 is 1.05 bits per heavy atom. The summed E-state index contributed by atoms with van der Waals surface area (Å²) in [5.41, 5.74) is -0.705. The predicted molar refractivity (Wildman–Crippen MR) is 222 cm³/mol. The molecular formula is C42H64O17S. The first-order chi connectivity index (χ1) is 28.8. The Labute approximate surface area is 358 Å². The summed E-state index contributed by atoms with van der Waals surface area (Å²) in [5, 5.41) is 0. The monoisotopic (exact) mass is 872 g/mol. The number of thioether (sulfide) groups is 1. The highest BCUT2D eigenvalue weighted by molar-refractivity contribution is 7.99. The van der Waals surface area contributed by atoms with E-state index in [0.717, 1.165) is 18.2 Å². The van der Waals surface area contributed by atoms with Gasteiger partial charge in [-0.1, -0.05) is 19.7 Å². The predicted octanol–water partition coefficient (Wildman–Crippen LogP) is 4.50. The topological polar surface area (TPSA) is 188 Å². The molecule has 0 heterocycles. The van der Waals surface area contributed by atoms with Gasteiger partial charge >= 0.3 is 17.9 Å². The number of ether oxygens (including phenoxy) is 13. The molecule has 4 atom stereocenters. The van der Waals surface area contributed by atoms with Gasteiger partial charge in [0.2, 0.25) is 0 Å². The van der Waals surface area contributed by atoms with E-state index < -0.39 is 42.4 Å². The molecule has 0 aliphatic rings. The number of ketones is 1. The zero-order valence-corrected chi connectivity index (χ0v) is 36.5. The summed E-state index contributed by atoms with van der Waals surface area (Å²) in [7, 11) is 0. The quantitative estimate of drug-likeness (QED) is 0.0224. The molecule has 1 aromatic rings. The Morgan fingerprint density at radius 1 is 0.600 bits per heavy atom. The lowest BCUT2D eigenvalue weighted by molar-refractivity contribution is -0.198. The average molecular weight is 873 g/mol. The van der Waals surface area contributed by atoms with Gasteiger partial charge in [-0.05, 0) is 58.9 Å². The van der Waals surface area contributed by atoms with Gasteiger partial charge in [0.25, 0.3) is 0 Å². The summed E-state index contributed by atoms with van der Waals surface area (Å²) >= 11 is 1.60. The maximum absolute atomic E-state index is 13.3. The minimum Gasteiger partial charge on any atom is -0.493 e. The molecule has 0 aromatic heterocycles. The molecule has 0 fully saturated rings. The molecule has 0 amide bonds. The maximum Gasteiger partial charge on any atom is 0.330 e. The van der Waals surface area contributed by atoms with Crippen molar-refractivity contribution in [3.8, 4) is 5.75 Å². The zero-order valence-electron chi connectivity index (χ0n) is 35.6. The van der Waals surface area contributed by atoms with Crippen LogP contribution in [0, 0.1) is 0 Å². The molecule has 0 radical (unpaired) electrons. The van der Waals surface area contributed by atoms with Gasteiger partial charge in [-0.2, -0.15) is 11.8 Å². The molecule has 0 aliphatic heterocycles. The van der Waals surface area contributed by atoms with E-state index in [-0.39, 0.29) is 97.8 Å². The fourth-order valence-electron chi connectivity index (χ4n) is 4.62. The molecule has 1 rings (SSSR count). The largest absolute Gasteiger partial charge is 0.493 e. The number of rotatable bonds is 39. The van der Waals surface area contributed by atoms with Gasteiger partial charge in [-0.25, -0.2) is 14.4 Å². The van der Waals surface area contributed by atoms with Crippen molar-refractivity contribution in [3.05, 3.63) is 67.8 Å². The zero-order chi connectivity index (χ0) is 44.4. The first kappa shape index (κ1) is 54.3. The highest BCUT2D eigenvalue weighted by Gasteiger charge is 2.32. The number of Topliss-reactive ketones (excluding diaryl/α,β-unsaturated/α-hetero) is 1. The van der Waals surface area contributed by atoms with Crippen LogP contribution in [0.4, 0.5) is 0 Å². The molecule has 18 heteroatoms. The maximum atomic E-state index is 13.3. The number of hydrogen-bond acceptors (Lipinski definition) is 18. The standard InChI is InChI=1S/C42H64O17S/c1-9-38(43)54-25-19-47-16-22-50-32(4)57-30-37(58-33(5)51-23-17-48-20-26-55-39(44)10-2)31-60-29-28-53-36-14-12-35(13-15-36)41(46)42(7,8)59-34(6)52-24-18-49-21-27-56-40(45)11-3/h9-15,32-34,37H,1-3,16-31H2,4-8H3. The Hall–Kier alpha value is -3.69. The van der Waals surface area contributed by atoms with Gasteiger partial charge in [-0.3, -0.25) is 4.79 Å². The van der Waals surface area contributed by atoms with Crippen molar-refractivity contribution < 1.29 is 80.8 Å². The lowest BCUT2D eigenvalue weighted by Gasteiger charge is -2.28. The number of esters is 3. The van der Waals surface area contributed by atoms with Crippen LogP contribution in [0.15, 0.2) is 62.2 Å². The smallest absolute Gasteiger partial charge is 0.330 e. The van der Waals surface area contributed by atoms with E-state index in [4.69, 9.17) is 61.6 Å². The molecule has 0 saturated carbocycles. The highest BCUT2D eigenvalue weighted by atomic mass is 32.2. The van der Waals surface area contributed by atoms with E-state index in [2.05, 4.69) is 19.7 Å². The third-order valence-corrected chi connectivity index (χ3v) is 8.54. The van der Waals surface area contributed by atoms with Crippen LogP contribution in [-0.2, 0) is 71.2 Å². The summed E-state index contributed by atoms with van der Waals surface area (Å²) in [4.78, 5) is 46.5. The third-order valence-electron chi connectivity index (χ3n) is 7.48. The van der Waals surface area contributed by atoms with Crippen LogP contribution >= 0.6 is 11.8 Å². The van der Waals surface area contributed by atoms with E-state index >= 15 is 0 Å². The van der Waals surface area contributed by atoms with Gasteiger partial charge < -0.3 is 61.6 Å². The van der Waals surface area contributed by atoms with E-state index in [1.807, 2.05) is 0 Å². The van der Waals surface area contributed by atoms with Gasteiger partial charge in [0.1, 0.15) is 31.2 Å². The van der Waals surface area contributed by atoms with Crippen molar-refractivity contribution in [1.82, 2.24) is 0 Å². The van der Waals surface area contributed by atoms with E-state index in [1.165, 1.54) is 0 Å². The molecule has 17 nitrogen and oxygen atoms in total. The van der Waals surface area contributed by atoms with Crippen LogP contribution in [0.1, 0.15) is 45.0 Å². The van der Waals surface area contributed by atoms with E-state index in [9.17, 15) is 19.2 Å². The molecule has 4 unspecified atom stereocenters. The van der Waals surface area contributed by atoms with Crippen molar-refractivity contribution in [3.63, 3.8) is 0 Å². The van der Waals surface area contributed by atoms with Crippen molar-refractivity contribution in [2.45, 2.75) is 65.2 Å². The summed E-state index contributed by atoms with van der Waals surface area (Å²) < 4.78 is 71.7. The Bertz CT molecular complexity index is 1370. The normalized spacial score (nSPS) is 13.3. The molecular weight excluding hydrogens is 809 g/mol. The van der Waals surface area contributed by atoms with Crippen molar-refractivity contribution >= 4 is 35.5 Å². The minimum absolute atomic E-state index is 0.112. The van der Waals surface area contributed by atoms with Gasteiger partial charge in [0.05, 0.1) is 78.8 Å². The summed E-state index contributed by atoms with van der Waals surface area (Å²) in [6.45, 7) is 21.8. The number of hydrogen-bond donors (Lipinski definition) is 0. The van der Waals surface area contributed by atoms with Crippen molar-refractivity contribution in [1.29, 1.82) is 0 Å². The van der Waals surface area contributed by atoms with Gasteiger partial charge in [0.15, 0.2) is 24.7 Å². The Morgan fingerprint density at radius 3 is 1.53 bits per heavy atom. The molecule has 0 N–H and O–H groups in total. The van der Waals surface area contributed by atoms with E-state index in [0.29, 0.717) is 29.4 Å². The summed E-state index contributed by atoms with van der Waals surface area (Å²) in [6.07, 6.45) is 1.10. The van der Waals surface area contributed by atoms with Crippen molar-refractivity contribution in [2.75, 3.05) is 104 Å². The second-order valence-corrected chi connectivity index (χ2v) is 13.9. The molecule has 0 spiro atoms. The number of carbonyl (C=O) groups is 4. The lowest BCUT2D eigenvalue weighted by atomic mass is 9.96. The molecule has 0 saturated heterocycles. The number of carbonyl (C=O) groups excluding carboxylic acids is 4. The molecule has 340 valence electrons. The lowest BCUT2D eigenvalue weighted by Crippen LogP contribution is -2.39. The highest BCUT2D eigenvalue weighted by Crippen LogP contribution is 2.22. The van der Waals surface area contributed by atoms with Crippen LogP contribution in [0.5, 0.6) is 5.75 Å². The summed E-state index contributed by atoms with van der Waals surface area (Å²) in [6, 6.07) is 6.85. The van der Waals surface area contributed by atoms with Crippen LogP contribution in [0.3, 0.4) is 0 Å². The average Bonchev–Trinajstić information content (AvgIpc) is 3.23. The molecule has 1 aromatic carbocycles. The van der Waals surface area contributed by atoms with Crippen LogP contribution in [0.25, 0.3) is 0 Å². The SMILES string of the molecule is C=CC(=O)OCCOCCOC(C)OCC(CSCCOc1ccc(C(=O)C(C)(C)OC(C)OCCOCCOC(=O)C=C)cc1)OC(C)OCCOCCOC(=O)C=C. The van der Waals surface area contributed by atoms with Crippen LogP contribution < -0.4 is 4.74 Å². The number of benzene rings is 1. The second-order valence-electron chi connectivity index (χ2n) is 12.8. The fourth-order valence-corrected chi connectivity index (χ4v) is 5.42. The Balaban J connectivity index is 2.51. The fraction of sp³-hybridized carbons (Fsp3) is 0.619. The third kappa shape index (κ3) is 28.0. The van der Waals surface area contributed by atoms with Crippen molar-refractivity contribution in [2.24, 2.45) is 0 Å². The van der Waals surface area contributed by atoms with E-state index in [1.54, 1.807) is 70.6 Å². The molecule has 0 aliphatic carbocycles. The first-order valence-corrected chi connectivity index (χ1v) is 20.7. The summed E-state index contributed by atoms with van der Waals surface area (Å²) in [5.74, 6) is 0.0508. The first-order valence-electron chi connectivity index (χ1n) is 19.6. The van der Waals surface area contributed by atoms with Gasteiger partial charge in [-0.15, -0.1) is 0 Å². The second kappa shape index (κ2) is 34.0. The van der Waals surface area contributed by atoms with Crippen LogP contribution in [-0.4, -0.2) is 158 Å². The van der Waals surface area contributed by atoms with Gasteiger partial charge in [0, 0.05) is 35.3 Å². The minimum atomic E-state index is -1.16. The Kier molecular flexibility index (Phi) is 30.7.